The first-order chi connectivity index (χ1) is 8.79. The highest BCUT2D eigenvalue weighted by molar-refractivity contribution is 5.90. The predicted molar refractivity (Wildman–Crippen MR) is 65.0 cm³/mol. The average molecular weight is 253 g/mol. The maximum Gasteiger partial charge on any atom is 0.288 e. The SMILES string of the molecule is O=C(NCC1CCCN(CCO)C1)c1ncn[nH]1. The Balaban J connectivity index is 1.74. The van der Waals surface area contributed by atoms with E-state index < -0.39 is 0 Å². The number of aliphatic hydroxyl groups is 1. The van der Waals surface area contributed by atoms with Crippen LogP contribution in [0, 0.1) is 5.92 Å². The van der Waals surface area contributed by atoms with Crippen LogP contribution in [0.25, 0.3) is 0 Å². The molecule has 3 N–H and O–H groups in total. The minimum Gasteiger partial charge on any atom is -0.395 e. The van der Waals surface area contributed by atoms with Gasteiger partial charge in [-0.25, -0.2) is 4.98 Å². The first-order valence-corrected chi connectivity index (χ1v) is 6.26. The third-order valence-electron chi connectivity index (χ3n) is 3.20. The summed E-state index contributed by atoms with van der Waals surface area (Å²) in [6, 6.07) is 0. The number of nitrogens with one attached hydrogen (secondary N) is 2. The molecule has 1 atom stereocenters. The fraction of sp³-hybridized carbons (Fsp3) is 0.727. The van der Waals surface area contributed by atoms with Crippen LogP contribution in [-0.4, -0.2) is 63.9 Å². The number of carbonyl (C=O) groups excluding carboxylic acids is 1. The van der Waals surface area contributed by atoms with Gasteiger partial charge in [-0.3, -0.25) is 9.89 Å². The van der Waals surface area contributed by atoms with Crippen molar-refractivity contribution in [1.29, 1.82) is 0 Å². The Morgan fingerprint density at radius 2 is 2.56 bits per heavy atom. The number of nitrogens with zero attached hydrogens (tertiary/aromatic N) is 3. The van der Waals surface area contributed by atoms with E-state index in [1.54, 1.807) is 0 Å². The first kappa shape index (κ1) is 13.0. The number of aromatic nitrogens is 3. The smallest absolute Gasteiger partial charge is 0.288 e. The van der Waals surface area contributed by atoms with Gasteiger partial charge in [-0.1, -0.05) is 0 Å². The summed E-state index contributed by atoms with van der Waals surface area (Å²) >= 11 is 0. The van der Waals surface area contributed by atoms with Crippen LogP contribution in [0.2, 0.25) is 0 Å². The van der Waals surface area contributed by atoms with E-state index in [0.29, 0.717) is 19.0 Å². The molecule has 0 spiro atoms. The minimum atomic E-state index is -0.216. The molecule has 1 amide bonds. The summed E-state index contributed by atoms with van der Waals surface area (Å²) in [6.45, 7) is 3.51. The molecule has 1 aromatic heterocycles. The molecule has 7 nitrogen and oxygen atoms in total. The maximum atomic E-state index is 11.7. The molecule has 2 heterocycles. The van der Waals surface area contributed by atoms with Crippen molar-refractivity contribution in [3.8, 4) is 0 Å². The van der Waals surface area contributed by atoms with Crippen molar-refractivity contribution in [2.24, 2.45) is 5.92 Å². The van der Waals surface area contributed by atoms with E-state index in [0.717, 1.165) is 25.9 Å². The van der Waals surface area contributed by atoms with Crippen LogP contribution < -0.4 is 5.32 Å². The molecule has 1 aliphatic heterocycles. The van der Waals surface area contributed by atoms with Crippen molar-refractivity contribution < 1.29 is 9.90 Å². The largest absolute Gasteiger partial charge is 0.395 e. The van der Waals surface area contributed by atoms with Gasteiger partial charge in [0.25, 0.3) is 5.91 Å². The fourth-order valence-electron chi connectivity index (χ4n) is 2.30. The van der Waals surface area contributed by atoms with Crippen molar-refractivity contribution in [3.05, 3.63) is 12.2 Å². The summed E-state index contributed by atoms with van der Waals surface area (Å²) in [5, 5.41) is 18.0. The van der Waals surface area contributed by atoms with Crippen molar-refractivity contribution in [3.63, 3.8) is 0 Å². The van der Waals surface area contributed by atoms with E-state index in [9.17, 15) is 4.79 Å². The number of rotatable bonds is 5. The topological polar surface area (TPSA) is 94.1 Å². The zero-order valence-corrected chi connectivity index (χ0v) is 10.3. The Bertz CT molecular complexity index is 366. The molecule has 1 fully saturated rings. The van der Waals surface area contributed by atoms with Crippen molar-refractivity contribution >= 4 is 5.91 Å². The molecule has 1 unspecified atom stereocenters. The summed E-state index contributed by atoms with van der Waals surface area (Å²) in [5.41, 5.74) is 0. The third kappa shape index (κ3) is 3.51. The van der Waals surface area contributed by atoms with Gasteiger partial charge in [-0.2, -0.15) is 5.10 Å². The van der Waals surface area contributed by atoms with Crippen LogP contribution in [-0.2, 0) is 0 Å². The summed E-state index contributed by atoms with van der Waals surface area (Å²) in [7, 11) is 0. The average Bonchev–Trinajstić information content (AvgIpc) is 2.91. The van der Waals surface area contributed by atoms with Crippen LogP contribution in [0.5, 0.6) is 0 Å². The summed E-state index contributed by atoms with van der Waals surface area (Å²) in [4.78, 5) is 17.7. The number of aliphatic hydroxyl groups excluding tert-OH is 1. The molecule has 0 bridgehead atoms. The van der Waals surface area contributed by atoms with Gasteiger partial charge in [0.2, 0.25) is 5.82 Å². The van der Waals surface area contributed by atoms with Gasteiger partial charge < -0.3 is 15.3 Å². The molecule has 1 saturated heterocycles. The second kappa shape index (κ2) is 6.46. The van der Waals surface area contributed by atoms with Gasteiger partial charge >= 0.3 is 0 Å². The van der Waals surface area contributed by atoms with Crippen LogP contribution >= 0.6 is 0 Å². The number of hydrogen-bond donors (Lipinski definition) is 3. The lowest BCUT2D eigenvalue weighted by Gasteiger charge is -2.32. The fourth-order valence-corrected chi connectivity index (χ4v) is 2.30. The highest BCUT2D eigenvalue weighted by Crippen LogP contribution is 2.15. The zero-order valence-electron chi connectivity index (χ0n) is 10.3. The number of carbonyl (C=O) groups is 1. The van der Waals surface area contributed by atoms with Gasteiger partial charge in [0.1, 0.15) is 6.33 Å². The van der Waals surface area contributed by atoms with E-state index in [1.165, 1.54) is 6.33 Å². The Hall–Kier alpha value is -1.47. The Morgan fingerprint density at radius 1 is 1.67 bits per heavy atom. The number of H-pyrrole nitrogens is 1. The van der Waals surface area contributed by atoms with Crippen LogP contribution in [0.15, 0.2) is 6.33 Å². The highest BCUT2D eigenvalue weighted by Gasteiger charge is 2.20. The molecule has 0 saturated carbocycles. The number of β-amino-alcohol motifs (C(OH)–C–C–N with tert-alkyl or cyclic N) is 1. The van der Waals surface area contributed by atoms with Gasteiger partial charge in [-0.05, 0) is 25.3 Å². The van der Waals surface area contributed by atoms with Gasteiger partial charge in [-0.15, -0.1) is 0 Å². The quantitative estimate of drug-likeness (QED) is 0.641. The number of hydrogen-bond acceptors (Lipinski definition) is 5. The second-order valence-electron chi connectivity index (χ2n) is 4.58. The van der Waals surface area contributed by atoms with Crippen molar-refractivity contribution in [2.45, 2.75) is 12.8 Å². The molecular formula is C11H19N5O2. The van der Waals surface area contributed by atoms with Gasteiger partial charge in [0.05, 0.1) is 6.61 Å². The first-order valence-electron chi connectivity index (χ1n) is 6.26. The summed E-state index contributed by atoms with van der Waals surface area (Å²) in [6.07, 6.45) is 3.54. The summed E-state index contributed by atoms with van der Waals surface area (Å²) < 4.78 is 0. The van der Waals surface area contributed by atoms with E-state index in [1.807, 2.05) is 0 Å². The van der Waals surface area contributed by atoms with E-state index in [-0.39, 0.29) is 18.3 Å². The number of piperidine rings is 1. The lowest BCUT2D eigenvalue weighted by molar-refractivity contribution is 0.0915. The third-order valence-corrected chi connectivity index (χ3v) is 3.20. The Labute approximate surface area is 106 Å². The lowest BCUT2D eigenvalue weighted by Crippen LogP contribution is -2.42. The number of amides is 1. The van der Waals surface area contributed by atoms with Crippen LogP contribution in [0.1, 0.15) is 23.5 Å². The monoisotopic (exact) mass is 253 g/mol. The second-order valence-corrected chi connectivity index (χ2v) is 4.58. The van der Waals surface area contributed by atoms with Crippen LogP contribution in [0.3, 0.4) is 0 Å². The molecule has 2 rings (SSSR count). The van der Waals surface area contributed by atoms with E-state index in [4.69, 9.17) is 5.11 Å². The molecule has 100 valence electrons. The molecule has 0 aliphatic carbocycles. The van der Waals surface area contributed by atoms with Gasteiger partial charge in [0, 0.05) is 19.6 Å². The van der Waals surface area contributed by atoms with Crippen molar-refractivity contribution in [2.75, 3.05) is 32.8 Å². The van der Waals surface area contributed by atoms with Gasteiger partial charge in [0.15, 0.2) is 0 Å². The Kier molecular flexibility index (Phi) is 4.66. The number of aromatic amines is 1. The lowest BCUT2D eigenvalue weighted by atomic mass is 9.98. The molecule has 0 aromatic carbocycles. The molecule has 0 radical (unpaired) electrons. The van der Waals surface area contributed by atoms with Crippen molar-refractivity contribution in [1.82, 2.24) is 25.4 Å². The summed E-state index contributed by atoms with van der Waals surface area (Å²) in [5.74, 6) is 0.474. The maximum absolute atomic E-state index is 11.7. The standard InChI is InChI=1S/C11H19N5O2/c17-5-4-16-3-1-2-9(7-16)6-12-11(18)10-13-8-14-15-10/h8-9,17H,1-7H2,(H,12,18)(H,13,14,15). The zero-order chi connectivity index (χ0) is 12.8. The molecule has 18 heavy (non-hydrogen) atoms. The molecule has 1 aliphatic rings. The highest BCUT2D eigenvalue weighted by atomic mass is 16.3. The molecule has 7 heteroatoms. The molecular weight excluding hydrogens is 234 g/mol. The van der Waals surface area contributed by atoms with E-state index >= 15 is 0 Å². The van der Waals surface area contributed by atoms with E-state index in [2.05, 4.69) is 25.4 Å². The van der Waals surface area contributed by atoms with Crippen LogP contribution in [0.4, 0.5) is 0 Å². The predicted octanol–water partition coefficient (Wildman–Crippen LogP) is -0.761. The normalized spacial score (nSPS) is 20.8. The number of likely N-dealkylation sites (tertiary alicyclic amines) is 1. The Morgan fingerprint density at radius 3 is 3.28 bits per heavy atom. The molecule has 1 aromatic rings. The minimum absolute atomic E-state index is 0.192.